The van der Waals surface area contributed by atoms with Gasteiger partial charge in [-0.2, -0.15) is 5.10 Å². The van der Waals surface area contributed by atoms with E-state index in [0.29, 0.717) is 25.3 Å². The lowest BCUT2D eigenvalue weighted by Crippen LogP contribution is -3.15. The second-order valence-corrected chi connectivity index (χ2v) is 4.68. The molecular weight excluding hydrogens is 276 g/mol. The normalized spacial score (nSPS) is 16.0. The number of hydrogen-bond acceptors (Lipinski definition) is 5. The molecule has 1 amide bonds. The molecule has 0 aromatic heterocycles. The number of hydrazone groups is 1. The maximum atomic E-state index is 11.7. The molecule has 2 rings (SSSR count). The third-order valence-corrected chi connectivity index (χ3v) is 3.09. The fourth-order valence-electron chi connectivity index (χ4n) is 2.00. The van der Waals surface area contributed by atoms with E-state index in [2.05, 4.69) is 10.5 Å². The van der Waals surface area contributed by atoms with Crippen molar-refractivity contribution in [3.8, 4) is 0 Å². The van der Waals surface area contributed by atoms with E-state index >= 15 is 0 Å². The van der Waals surface area contributed by atoms with Crippen LogP contribution in [0.4, 0.5) is 5.69 Å². The highest BCUT2D eigenvalue weighted by molar-refractivity contribution is 5.83. The summed E-state index contributed by atoms with van der Waals surface area (Å²) in [5.41, 5.74) is 2.97. The first kappa shape index (κ1) is 15.1. The smallest absolute Gasteiger partial charge is 0.295 e. The van der Waals surface area contributed by atoms with E-state index in [9.17, 15) is 14.9 Å². The first-order valence-electron chi connectivity index (χ1n) is 6.63. The molecule has 1 aromatic carbocycles. The third kappa shape index (κ3) is 4.93. The Labute approximate surface area is 121 Å². The third-order valence-electron chi connectivity index (χ3n) is 3.09. The van der Waals surface area contributed by atoms with Crippen LogP contribution in [0, 0.1) is 10.1 Å². The lowest BCUT2D eigenvalue weighted by Gasteiger charge is -2.22. The molecule has 0 aliphatic carbocycles. The minimum Gasteiger partial charge on any atom is -0.370 e. The summed E-state index contributed by atoms with van der Waals surface area (Å²) in [5.74, 6) is -0.186. The van der Waals surface area contributed by atoms with Crippen LogP contribution in [-0.2, 0) is 9.53 Å². The summed E-state index contributed by atoms with van der Waals surface area (Å²) >= 11 is 0. The number of quaternary nitrogens is 1. The van der Waals surface area contributed by atoms with Crippen molar-refractivity contribution in [1.82, 2.24) is 5.43 Å². The number of ether oxygens (including phenoxy) is 1. The highest BCUT2D eigenvalue weighted by atomic mass is 16.6. The minimum atomic E-state index is -0.474. The molecule has 21 heavy (non-hydrogen) atoms. The topological polar surface area (TPSA) is 98.3 Å². The Morgan fingerprint density at radius 1 is 1.48 bits per heavy atom. The molecule has 0 radical (unpaired) electrons. The first-order valence-corrected chi connectivity index (χ1v) is 6.63. The first-order chi connectivity index (χ1) is 10.1. The Morgan fingerprint density at radius 2 is 2.24 bits per heavy atom. The van der Waals surface area contributed by atoms with Crippen LogP contribution in [0.1, 0.15) is 5.56 Å². The highest BCUT2D eigenvalue weighted by Gasteiger charge is 2.17. The van der Waals surface area contributed by atoms with E-state index < -0.39 is 4.92 Å². The van der Waals surface area contributed by atoms with Crippen LogP contribution < -0.4 is 10.3 Å². The maximum Gasteiger partial charge on any atom is 0.295 e. The number of hydrogen-bond donors (Lipinski definition) is 2. The van der Waals surface area contributed by atoms with Gasteiger partial charge in [0.2, 0.25) is 0 Å². The van der Waals surface area contributed by atoms with E-state index in [1.807, 2.05) is 0 Å². The summed E-state index contributed by atoms with van der Waals surface area (Å²) in [6.07, 6.45) is 1.39. The quantitative estimate of drug-likeness (QED) is 0.411. The number of carbonyl (C=O) groups is 1. The predicted molar refractivity (Wildman–Crippen MR) is 75.2 cm³/mol. The molecule has 0 atom stereocenters. The number of benzene rings is 1. The fraction of sp³-hybridized carbons (Fsp3) is 0.385. The van der Waals surface area contributed by atoms with Gasteiger partial charge >= 0.3 is 0 Å². The molecule has 1 aromatic rings. The van der Waals surface area contributed by atoms with Crippen LogP contribution in [0.2, 0.25) is 0 Å². The molecule has 0 unspecified atom stereocenters. The molecular formula is C13H17N4O4+. The van der Waals surface area contributed by atoms with Gasteiger partial charge in [-0.15, -0.1) is 0 Å². The molecule has 1 fully saturated rings. The molecule has 0 bridgehead atoms. The Kier molecular flexibility index (Phi) is 5.35. The Morgan fingerprint density at radius 3 is 2.95 bits per heavy atom. The van der Waals surface area contributed by atoms with E-state index in [4.69, 9.17) is 4.74 Å². The summed E-state index contributed by atoms with van der Waals surface area (Å²) in [6.45, 7) is 3.29. The number of rotatable bonds is 5. The Hall–Kier alpha value is -2.32. The fourth-order valence-corrected chi connectivity index (χ4v) is 2.00. The second kappa shape index (κ2) is 7.46. The molecule has 8 heteroatoms. The lowest BCUT2D eigenvalue weighted by atomic mass is 10.2. The van der Waals surface area contributed by atoms with Crippen LogP contribution in [0.3, 0.4) is 0 Å². The van der Waals surface area contributed by atoms with Crippen molar-refractivity contribution < 1.29 is 19.4 Å². The number of carbonyl (C=O) groups excluding carboxylic acids is 1. The molecule has 1 saturated heterocycles. The zero-order chi connectivity index (χ0) is 15.1. The van der Waals surface area contributed by atoms with E-state index in [-0.39, 0.29) is 11.6 Å². The van der Waals surface area contributed by atoms with E-state index in [0.717, 1.165) is 18.0 Å². The zero-order valence-corrected chi connectivity index (χ0v) is 11.4. The molecule has 8 nitrogen and oxygen atoms in total. The van der Waals surface area contributed by atoms with Gasteiger partial charge in [-0.3, -0.25) is 14.9 Å². The summed E-state index contributed by atoms with van der Waals surface area (Å²) in [7, 11) is 0. The van der Waals surface area contributed by atoms with Crippen molar-refractivity contribution in [2.24, 2.45) is 5.10 Å². The Balaban J connectivity index is 1.82. The van der Waals surface area contributed by atoms with Gasteiger partial charge in [-0.1, -0.05) is 12.1 Å². The molecule has 2 N–H and O–H groups in total. The van der Waals surface area contributed by atoms with Gasteiger partial charge < -0.3 is 9.64 Å². The molecule has 0 spiro atoms. The molecule has 1 heterocycles. The van der Waals surface area contributed by atoms with E-state index in [1.54, 1.807) is 12.1 Å². The number of morpholine rings is 1. The maximum absolute atomic E-state index is 11.7. The van der Waals surface area contributed by atoms with Gasteiger partial charge in [-0.25, -0.2) is 5.43 Å². The summed E-state index contributed by atoms with van der Waals surface area (Å²) in [6, 6.07) is 6.04. The summed E-state index contributed by atoms with van der Waals surface area (Å²) < 4.78 is 5.21. The number of nitrogens with one attached hydrogen (secondary N) is 2. The van der Waals surface area contributed by atoms with Crippen molar-refractivity contribution in [1.29, 1.82) is 0 Å². The molecule has 112 valence electrons. The summed E-state index contributed by atoms with van der Waals surface area (Å²) in [5, 5.41) is 14.5. The predicted octanol–water partition coefficient (Wildman–Crippen LogP) is -1.04. The van der Waals surface area contributed by atoms with Gasteiger partial charge in [0.15, 0.2) is 6.54 Å². The average molecular weight is 293 g/mol. The number of amides is 1. The van der Waals surface area contributed by atoms with Crippen LogP contribution in [0.15, 0.2) is 29.4 Å². The lowest BCUT2D eigenvalue weighted by molar-refractivity contribution is -0.900. The largest absolute Gasteiger partial charge is 0.370 e. The molecule has 1 aliphatic rings. The molecule has 1 aliphatic heterocycles. The van der Waals surface area contributed by atoms with Crippen molar-refractivity contribution in [3.63, 3.8) is 0 Å². The van der Waals surface area contributed by atoms with Gasteiger partial charge in [0, 0.05) is 17.7 Å². The minimum absolute atomic E-state index is 0.0111. The zero-order valence-electron chi connectivity index (χ0n) is 11.4. The van der Waals surface area contributed by atoms with Gasteiger partial charge in [0.1, 0.15) is 13.1 Å². The average Bonchev–Trinajstić information content (AvgIpc) is 2.48. The standard InChI is InChI=1S/C13H16N4O4/c18-13(10-16-4-6-21-7-5-16)15-14-9-11-2-1-3-12(8-11)17(19)20/h1-3,8-9H,4-7,10H2,(H,15,18)/p+1/b14-9-. The van der Waals surface area contributed by atoms with Crippen LogP contribution in [-0.4, -0.2) is 49.9 Å². The Bertz CT molecular complexity index is 541. The highest BCUT2D eigenvalue weighted by Crippen LogP contribution is 2.11. The van der Waals surface area contributed by atoms with Crippen LogP contribution >= 0.6 is 0 Å². The number of non-ortho nitro benzene ring substituents is 1. The monoisotopic (exact) mass is 293 g/mol. The second-order valence-electron chi connectivity index (χ2n) is 4.68. The number of nitro groups is 1. The summed E-state index contributed by atoms with van der Waals surface area (Å²) in [4.78, 5) is 23.0. The van der Waals surface area contributed by atoms with Gasteiger partial charge in [-0.05, 0) is 0 Å². The number of nitro benzene ring substituents is 1. The van der Waals surface area contributed by atoms with Crippen molar-refractivity contribution >= 4 is 17.8 Å². The van der Waals surface area contributed by atoms with Gasteiger partial charge in [0.05, 0.1) is 24.4 Å². The van der Waals surface area contributed by atoms with Crippen LogP contribution in [0.5, 0.6) is 0 Å². The molecule has 0 saturated carbocycles. The number of nitrogens with zero attached hydrogens (tertiary/aromatic N) is 2. The van der Waals surface area contributed by atoms with Crippen molar-refractivity contribution in [2.75, 3.05) is 32.8 Å². The SMILES string of the molecule is O=C(C[NH+]1CCOCC1)N/N=C\c1cccc([N+](=O)[O-])c1. The van der Waals surface area contributed by atoms with E-state index in [1.165, 1.54) is 18.3 Å². The van der Waals surface area contributed by atoms with Gasteiger partial charge in [0.25, 0.3) is 11.6 Å². The van der Waals surface area contributed by atoms with Crippen molar-refractivity contribution in [2.45, 2.75) is 0 Å². The van der Waals surface area contributed by atoms with Crippen molar-refractivity contribution in [3.05, 3.63) is 39.9 Å². The van der Waals surface area contributed by atoms with Crippen LogP contribution in [0.25, 0.3) is 0 Å².